The Hall–Kier alpha value is -16.8. The third-order valence-electron chi connectivity index (χ3n) is 27.0. The molecule has 25 aromatic rings. The van der Waals surface area contributed by atoms with Crippen LogP contribution in [0.2, 0.25) is 0 Å². The van der Waals surface area contributed by atoms with E-state index in [1.165, 1.54) is 197 Å². The molecule has 23 aromatic carbocycles. The van der Waals surface area contributed by atoms with Crippen LogP contribution in [-0.4, -0.2) is 9.13 Å². The predicted octanol–water partition coefficient (Wildman–Crippen LogP) is 34.8. The molecule has 0 aliphatic heterocycles. The average Bonchev–Trinajstić information content (AvgIpc) is 0.930. The molecule has 0 N–H and O–H groups in total. The Kier molecular flexibility index (Phi) is 17.7. The van der Waals surface area contributed by atoms with Crippen LogP contribution in [0.3, 0.4) is 0 Å². The zero-order chi connectivity index (χ0) is 84.3. The van der Waals surface area contributed by atoms with E-state index in [-0.39, 0.29) is 0 Å². The van der Waals surface area contributed by atoms with Crippen molar-refractivity contribution in [3.63, 3.8) is 0 Å². The number of hydrogen-bond acceptors (Lipinski definition) is 0. The first-order valence-electron chi connectivity index (χ1n) is 44.3. The predicted molar refractivity (Wildman–Crippen MR) is 545 cm³/mol. The minimum atomic E-state index is 1.10. The summed E-state index contributed by atoms with van der Waals surface area (Å²) in [5, 5.41) is 19.6. The van der Waals surface area contributed by atoms with Gasteiger partial charge in [0.2, 0.25) is 0 Å². The van der Waals surface area contributed by atoms with Gasteiger partial charge in [0.05, 0.1) is 22.1 Å². The number of aromatic nitrogens is 2. The zero-order valence-corrected chi connectivity index (χ0v) is 70.1. The molecule has 128 heavy (non-hydrogen) atoms. The van der Waals surface area contributed by atoms with Crippen LogP contribution in [0.1, 0.15) is 0 Å². The molecule has 0 spiro atoms. The fraction of sp³-hybridized carbons (Fsp3) is 0. The van der Waals surface area contributed by atoms with E-state index in [9.17, 15) is 0 Å². The number of hydrogen-bond donors (Lipinski definition) is 0. The molecule has 2 heteroatoms. The molecule has 594 valence electrons. The Morgan fingerprint density at radius 3 is 0.578 bits per heavy atom. The molecular weight excluding hydrogens is 1540 g/mol. The van der Waals surface area contributed by atoms with Gasteiger partial charge in [0.15, 0.2) is 0 Å². The molecule has 0 bridgehead atoms. The summed E-state index contributed by atoms with van der Waals surface area (Å²) < 4.78 is 4.92. The highest BCUT2D eigenvalue weighted by Crippen LogP contribution is 2.49. The summed E-state index contributed by atoms with van der Waals surface area (Å²) in [4.78, 5) is 0. The first kappa shape index (κ1) is 73.9. The lowest BCUT2D eigenvalue weighted by Gasteiger charge is -2.20. The van der Waals surface area contributed by atoms with E-state index in [1.54, 1.807) is 0 Å². The molecule has 0 saturated heterocycles. The number of fused-ring (bicyclic) bond motifs is 12. The Morgan fingerprint density at radius 2 is 0.312 bits per heavy atom. The molecule has 0 saturated carbocycles. The number of benzene rings is 23. The van der Waals surface area contributed by atoms with Gasteiger partial charge < -0.3 is 9.13 Å². The van der Waals surface area contributed by atoms with Crippen LogP contribution >= 0.6 is 0 Å². The molecule has 0 radical (unpaired) electrons. The largest absolute Gasteiger partial charge is 0.309 e. The van der Waals surface area contributed by atoms with Crippen molar-refractivity contribution in [2.24, 2.45) is 0 Å². The third-order valence-corrected chi connectivity index (χ3v) is 27.0. The molecule has 0 unspecified atom stereocenters. The maximum atomic E-state index is 2.46. The molecule has 2 heterocycles. The maximum absolute atomic E-state index is 2.46. The van der Waals surface area contributed by atoms with E-state index in [1.807, 2.05) is 0 Å². The van der Waals surface area contributed by atoms with Crippen LogP contribution in [-0.2, 0) is 0 Å². The quantitative estimate of drug-likeness (QED) is 0.0961. The second kappa shape index (κ2) is 30.6. The highest BCUT2D eigenvalue weighted by molar-refractivity contribution is 6.23. The summed E-state index contributed by atoms with van der Waals surface area (Å²) in [6.07, 6.45) is 0. The Bertz CT molecular complexity index is 7820. The molecule has 0 aliphatic rings. The molecule has 2 aromatic heterocycles. The third kappa shape index (κ3) is 12.7. The van der Waals surface area contributed by atoms with Crippen molar-refractivity contribution in [1.29, 1.82) is 0 Å². The van der Waals surface area contributed by atoms with Crippen LogP contribution in [0.4, 0.5) is 0 Å². The lowest BCUT2D eigenvalue weighted by atomic mass is 9.84. The molecule has 0 fully saturated rings. The zero-order valence-electron chi connectivity index (χ0n) is 70.1. The van der Waals surface area contributed by atoms with Crippen LogP contribution in [0, 0.1) is 0 Å². The highest BCUT2D eigenvalue weighted by atomic mass is 15.0. The highest BCUT2D eigenvalue weighted by Gasteiger charge is 2.23. The first-order valence-corrected chi connectivity index (χ1v) is 44.3. The fourth-order valence-electron chi connectivity index (χ4n) is 20.6. The van der Waals surface area contributed by atoms with E-state index in [0.717, 1.165) is 55.7 Å². The van der Waals surface area contributed by atoms with E-state index in [2.05, 4.69) is 494 Å². The standard InChI is InChI=1S/C126H80N2/c1-3-23-95(24-4-1)125-113-69-59-98(86-57-67-104(68-58-86)128-123-73-63-101(83-43-51-93(52-44-83)111-37-17-29-89-21-9-13-33-107(89)111)77-117(123)118-78-102(64-74-124(118)128)84-45-53-94(54-46-84)112-38-18-30-90-22-10-14-34-108(90)112)80-120(113)126(96-25-5-2-6-26-96)114-70-60-97(79-119(114)125)85-55-65-103(66-56-85)127-121-71-61-99(81-39-47-91(48-40-81)109-35-15-27-87-19-7-11-31-105(87)109)75-115(121)116-76-100(62-72-122(116)127)82-41-49-92(50-42-82)110-36-16-28-88-20-8-12-32-106(88)110/h1-80H. The van der Waals surface area contributed by atoms with Crippen molar-refractivity contribution < 1.29 is 0 Å². The fourth-order valence-corrected chi connectivity index (χ4v) is 20.6. The summed E-state index contributed by atoms with van der Waals surface area (Å²) in [6, 6.07) is 181. The van der Waals surface area contributed by atoms with Gasteiger partial charge in [0.25, 0.3) is 0 Å². The van der Waals surface area contributed by atoms with Crippen LogP contribution < -0.4 is 0 Å². The lowest BCUT2D eigenvalue weighted by molar-refractivity contribution is 1.18. The van der Waals surface area contributed by atoms with Gasteiger partial charge in [-0.25, -0.2) is 0 Å². The monoisotopic (exact) mass is 1620 g/mol. The van der Waals surface area contributed by atoms with Crippen LogP contribution in [0.5, 0.6) is 0 Å². The summed E-state index contributed by atoms with van der Waals surface area (Å²) >= 11 is 0. The van der Waals surface area contributed by atoms with Gasteiger partial charge in [0.1, 0.15) is 0 Å². The van der Waals surface area contributed by atoms with E-state index >= 15 is 0 Å². The number of rotatable bonds is 14. The minimum absolute atomic E-state index is 1.10. The van der Waals surface area contributed by atoms with Crippen molar-refractivity contribution in [1.82, 2.24) is 9.13 Å². The summed E-state index contributed by atoms with van der Waals surface area (Å²) in [5.74, 6) is 0. The van der Waals surface area contributed by atoms with Gasteiger partial charge in [-0.3, -0.25) is 0 Å². The van der Waals surface area contributed by atoms with Crippen molar-refractivity contribution in [3.8, 4) is 145 Å². The molecular formula is C126H80N2. The SMILES string of the molecule is c1ccc(-c2c3ccc(-c4ccc(-n5c6ccc(-c7ccc(-c8cccc9ccccc89)cc7)cc6c6cc(-c7ccc(-c8cccc9ccccc89)cc7)ccc65)cc4)cc3c(-c3ccccc3)c3ccc(-c4ccc(-n5c6ccc(-c7ccc(-c8cccc9ccccc89)cc7)cc6c6cc(-c7ccc(-c8cccc9ccccc89)cc7)ccc65)cc4)cc23)cc1. The topological polar surface area (TPSA) is 9.86 Å². The lowest BCUT2D eigenvalue weighted by Crippen LogP contribution is -1.95. The van der Waals surface area contributed by atoms with Gasteiger partial charge >= 0.3 is 0 Å². The van der Waals surface area contributed by atoms with E-state index in [4.69, 9.17) is 0 Å². The molecule has 0 aliphatic carbocycles. The maximum Gasteiger partial charge on any atom is 0.0541 e. The van der Waals surface area contributed by atoms with Crippen LogP contribution in [0.25, 0.3) is 253 Å². The van der Waals surface area contributed by atoms with Gasteiger partial charge in [-0.05, 0) is 283 Å². The van der Waals surface area contributed by atoms with Crippen molar-refractivity contribution in [2.45, 2.75) is 0 Å². The Balaban J connectivity index is 0.575. The van der Waals surface area contributed by atoms with E-state index < -0.39 is 0 Å². The van der Waals surface area contributed by atoms with Crippen molar-refractivity contribution >= 4 is 108 Å². The first-order chi connectivity index (χ1) is 63.4. The molecule has 0 amide bonds. The van der Waals surface area contributed by atoms with Gasteiger partial charge in [0, 0.05) is 32.9 Å². The number of nitrogens with zero attached hydrogens (tertiary/aromatic N) is 2. The summed E-state index contributed by atoms with van der Waals surface area (Å²) in [6.45, 7) is 0. The summed E-state index contributed by atoms with van der Waals surface area (Å²) in [5.41, 5.74) is 35.4. The minimum Gasteiger partial charge on any atom is -0.309 e. The second-order valence-electron chi connectivity index (χ2n) is 34.1. The summed E-state index contributed by atoms with van der Waals surface area (Å²) in [7, 11) is 0. The van der Waals surface area contributed by atoms with Crippen molar-refractivity contribution in [2.75, 3.05) is 0 Å². The normalized spacial score (nSPS) is 11.8. The second-order valence-corrected chi connectivity index (χ2v) is 34.1. The average molecular weight is 1620 g/mol. The van der Waals surface area contributed by atoms with Gasteiger partial charge in [-0.1, -0.05) is 400 Å². The Morgan fingerprint density at radius 1 is 0.109 bits per heavy atom. The molecule has 2 nitrogen and oxygen atoms in total. The van der Waals surface area contributed by atoms with Gasteiger partial charge in [-0.15, -0.1) is 0 Å². The smallest absolute Gasteiger partial charge is 0.0541 e. The van der Waals surface area contributed by atoms with E-state index in [0.29, 0.717) is 0 Å². The molecule has 0 atom stereocenters. The van der Waals surface area contributed by atoms with Crippen molar-refractivity contribution in [3.05, 3.63) is 485 Å². The van der Waals surface area contributed by atoms with Gasteiger partial charge in [-0.2, -0.15) is 0 Å². The molecule has 25 rings (SSSR count). The van der Waals surface area contributed by atoms with Crippen LogP contribution in [0.15, 0.2) is 485 Å². The Labute approximate surface area is 742 Å².